The monoisotopic (exact) mass is 219 g/mol. The van der Waals surface area contributed by atoms with Crippen LogP contribution in [0.25, 0.3) is 0 Å². The summed E-state index contributed by atoms with van der Waals surface area (Å²) in [6.07, 6.45) is 1.12. The fourth-order valence-corrected chi connectivity index (χ4v) is 1.85. The molecule has 16 heavy (non-hydrogen) atoms. The molecule has 0 amide bonds. The molecule has 0 aliphatic rings. The van der Waals surface area contributed by atoms with Crippen LogP contribution < -0.4 is 5.73 Å². The van der Waals surface area contributed by atoms with Crippen LogP contribution in [-0.4, -0.2) is 30.9 Å². The first-order chi connectivity index (χ1) is 7.65. The Labute approximate surface area is 97.8 Å². The second kappa shape index (κ2) is 6.28. The van der Waals surface area contributed by atoms with Crippen LogP contribution in [0.1, 0.15) is 24.8 Å². The molecule has 88 valence electrons. The Kier molecular flexibility index (Phi) is 4.99. The second-order valence-electron chi connectivity index (χ2n) is 4.18. The van der Waals surface area contributed by atoms with Crippen LogP contribution in [0.3, 0.4) is 0 Å². The van der Waals surface area contributed by atoms with E-state index in [1.807, 2.05) is 30.3 Å². The van der Waals surface area contributed by atoms with E-state index >= 15 is 0 Å². The van der Waals surface area contributed by atoms with Gasteiger partial charge in [0.25, 0.3) is 0 Å². The normalized spacial score (nSPS) is 12.7. The standard InChI is InChI=1S/C13H21N3/c1-3-9-16(2)10-12(13(14)15)11-7-5-4-6-8-11/h4-8,12H,3,9-10H2,1-2H3,(H3,14,15). The Hall–Kier alpha value is -1.35. The minimum atomic E-state index is 0.0118. The van der Waals surface area contributed by atoms with Crippen LogP contribution in [0.4, 0.5) is 0 Å². The van der Waals surface area contributed by atoms with E-state index in [4.69, 9.17) is 11.1 Å². The number of nitrogens with one attached hydrogen (secondary N) is 1. The fraction of sp³-hybridized carbons (Fsp3) is 0.462. The average molecular weight is 219 g/mol. The van der Waals surface area contributed by atoms with E-state index in [9.17, 15) is 0 Å². The molecule has 0 aliphatic heterocycles. The molecule has 1 unspecified atom stereocenters. The van der Waals surface area contributed by atoms with E-state index in [0.29, 0.717) is 0 Å². The molecule has 0 fully saturated rings. The zero-order valence-electron chi connectivity index (χ0n) is 10.1. The summed E-state index contributed by atoms with van der Waals surface area (Å²) in [5.41, 5.74) is 6.79. The molecule has 0 aromatic heterocycles. The smallest absolute Gasteiger partial charge is 0.0995 e. The summed E-state index contributed by atoms with van der Waals surface area (Å²) >= 11 is 0. The first-order valence-corrected chi connectivity index (χ1v) is 5.72. The minimum absolute atomic E-state index is 0.0118. The van der Waals surface area contributed by atoms with Gasteiger partial charge in [-0.25, -0.2) is 0 Å². The number of benzene rings is 1. The summed E-state index contributed by atoms with van der Waals surface area (Å²) in [5.74, 6) is 0.256. The number of nitrogens with zero attached hydrogens (tertiary/aromatic N) is 1. The molecule has 1 aromatic rings. The van der Waals surface area contributed by atoms with Gasteiger partial charge in [0.1, 0.15) is 0 Å². The predicted octanol–water partition coefficient (Wildman–Crippen LogP) is 2.05. The first-order valence-electron chi connectivity index (χ1n) is 5.72. The third kappa shape index (κ3) is 3.66. The van der Waals surface area contributed by atoms with Crippen molar-refractivity contribution in [1.82, 2.24) is 4.90 Å². The van der Waals surface area contributed by atoms with Crippen molar-refractivity contribution in [3.63, 3.8) is 0 Å². The highest BCUT2D eigenvalue weighted by atomic mass is 15.1. The van der Waals surface area contributed by atoms with Crippen molar-refractivity contribution < 1.29 is 0 Å². The van der Waals surface area contributed by atoms with Gasteiger partial charge < -0.3 is 10.6 Å². The molecule has 3 N–H and O–H groups in total. The van der Waals surface area contributed by atoms with Gasteiger partial charge in [-0.3, -0.25) is 5.41 Å². The van der Waals surface area contributed by atoms with Gasteiger partial charge in [-0.15, -0.1) is 0 Å². The maximum Gasteiger partial charge on any atom is 0.0995 e. The summed E-state index contributed by atoms with van der Waals surface area (Å²) < 4.78 is 0. The lowest BCUT2D eigenvalue weighted by atomic mass is 9.97. The molecule has 0 spiro atoms. The van der Waals surface area contributed by atoms with Crippen LogP contribution >= 0.6 is 0 Å². The number of likely N-dealkylation sites (N-methyl/N-ethyl adjacent to an activating group) is 1. The van der Waals surface area contributed by atoms with Crippen molar-refractivity contribution in [2.45, 2.75) is 19.3 Å². The fourth-order valence-electron chi connectivity index (χ4n) is 1.85. The highest BCUT2D eigenvalue weighted by Gasteiger charge is 2.16. The van der Waals surface area contributed by atoms with Crippen LogP contribution in [0.2, 0.25) is 0 Å². The predicted molar refractivity (Wildman–Crippen MR) is 68.9 cm³/mol. The molecule has 0 heterocycles. The Morgan fingerprint density at radius 3 is 2.50 bits per heavy atom. The maximum atomic E-state index is 7.67. The van der Waals surface area contributed by atoms with E-state index in [1.54, 1.807) is 0 Å². The van der Waals surface area contributed by atoms with Crippen LogP contribution in [0.15, 0.2) is 30.3 Å². The highest BCUT2D eigenvalue weighted by molar-refractivity contribution is 5.84. The number of rotatable bonds is 6. The number of hydrogen-bond donors (Lipinski definition) is 2. The van der Waals surface area contributed by atoms with Gasteiger partial charge in [-0.05, 0) is 25.6 Å². The van der Waals surface area contributed by atoms with E-state index in [0.717, 1.165) is 25.1 Å². The molecule has 1 aromatic carbocycles. The zero-order chi connectivity index (χ0) is 12.0. The van der Waals surface area contributed by atoms with Gasteiger partial charge >= 0.3 is 0 Å². The SMILES string of the molecule is CCCN(C)CC(C(=N)N)c1ccccc1. The van der Waals surface area contributed by atoms with Crippen molar-refractivity contribution in [1.29, 1.82) is 5.41 Å². The van der Waals surface area contributed by atoms with Crippen LogP contribution in [0.5, 0.6) is 0 Å². The second-order valence-corrected chi connectivity index (χ2v) is 4.18. The number of amidine groups is 1. The van der Waals surface area contributed by atoms with Crippen molar-refractivity contribution >= 4 is 5.84 Å². The largest absolute Gasteiger partial charge is 0.387 e. The minimum Gasteiger partial charge on any atom is -0.387 e. The maximum absolute atomic E-state index is 7.67. The van der Waals surface area contributed by atoms with Gasteiger partial charge in [0.2, 0.25) is 0 Å². The van der Waals surface area contributed by atoms with Crippen molar-refractivity contribution in [3.05, 3.63) is 35.9 Å². The highest BCUT2D eigenvalue weighted by Crippen LogP contribution is 2.16. The quantitative estimate of drug-likeness (QED) is 0.568. The number of hydrogen-bond acceptors (Lipinski definition) is 2. The molecule has 0 saturated heterocycles. The van der Waals surface area contributed by atoms with Gasteiger partial charge in [-0.1, -0.05) is 37.3 Å². The van der Waals surface area contributed by atoms with Crippen LogP contribution in [-0.2, 0) is 0 Å². The lowest BCUT2D eigenvalue weighted by Crippen LogP contribution is -2.32. The topological polar surface area (TPSA) is 53.1 Å². The number of nitrogens with two attached hydrogens (primary N) is 1. The van der Waals surface area contributed by atoms with E-state index in [2.05, 4.69) is 18.9 Å². The van der Waals surface area contributed by atoms with Gasteiger partial charge in [0.05, 0.1) is 11.8 Å². The Bertz CT molecular complexity index is 321. The molecule has 3 nitrogen and oxygen atoms in total. The van der Waals surface area contributed by atoms with Crippen molar-refractivity contribution in [3.8, 4) is 0 Å². The summed E-state index contributed by atoms with van der Waals surface area (Å²) in [4.78, 5) is 2.22. The van der Waals surface area contributed by atoms with Gasteiger partial charge in [-0.2, -0.15) is 0 Å². The summed E-state index contributed by atoms with van der Waals surface area (Å²) in [7, 11) is 2.07. The summed E-state index contributed by atoms with van der Waals surface area (Å²) in [6, 6.07) is 10.0. The lowest BCUT2D eigenvalue weighted by molar-refractivity contribution is 0.330. The molecular formula is C13H21N3. The lowest BCUT2D eigenvalue weighted by Gasteiger charge is -2.23. The molecule has 0 aliphatic carbocycles. The Morgan fingerprint density at radius 1 is 1.38 bits per heavy atom. The van der Waals surface area contributed by atoms with E-state index in [1.165, 1.54) is 0 Å². The molecule has 0 saturated carbocycles. The van der Waals surface area contributed by atoms with Crippen molar-refractivity contribution in [2.75, 3.05) is 20.1 Å². The summed E-state index contributed by atoms with van der Waals surface area (Å²) in [6.45, 7) is 4.01. The molecular weight excluding hydrogens is 198 g/mol. The van der Waals surface area contributed by atoms with Crippen LogP contribution in [0, 0.1) is 5.41 Å². The van der Waals surface area contributed by atoms with E-state index < -0.39 is 0 Å². The van der Waals surface area contributed by atoms with Crippen molar-refractivity contribution in [2.24, 2.45) is 5.73 Å². The Balaban J connectivity index is 2.73. The van der Waals surface area contributed by atoms with Gasteiger partial charge in [0.15, 0.2) is 0 Å². The molecule has 3 heteroatoms. The van der Waals surface area contributed by atoms with E-state index in [-0.39, 0.29) is 11.8 Å². The molecule has 0 bridgehead atoms. The van der Waals surface area contributed by atoms with Gasteiger partial charge in [0, 0.05) is 6.54 Å². The first kappa shape index (κ1) is 12.7. The Morgan fingerprint density at radius 2 is 2.00 bits per heavy atom. The summed E-state index contributed by atoms with van der Waals surface area (Å²) in [5, 5.41) is 7.67. The third-order valence-corrected chi connectivity index (χ3v) is 2.68. The molecule has 0 radical (unpaired) electrons. The molecule has 1 atom stereocenters. The third-order valence-electron chi connectivity index (χ3n) is 2.68. The molecule has 1 rings (SSSR count). The zero-order valence-corrected chi connectivity index (χ0v) is 10.1. The average Bonchev–Trinajstić information content (AvgIpc) is 2.27.